The fourth-order valence-electron chi connectivity index (χ4n) is 3.17. The first-order valence-electron chi connectivity index (χ1n) is 6.95. The molecule has 1 aromatic heterocycles. The SMILES string of the molecule is Cl.O=S(=O)(c1ccco1)N1CCC(C2CCCN2)CC1. The number of hydrogen-bond donors (Lipinski definition) is 1. The van der Waals surface area contributed by atoms with Crippen LogP contribution in [-0.2, 0) is 10.0 Å². The lowest BCUT2D eigenvalue weighted by atomic mass is 9.89. The number of furan rings is 1. The Kier molecular flexibility index (Phi) is 5.12. The zero-order valence-electron chi connectivity index (χ0n) is 11.3. The lowest BCUT2D eigenvalue weighted by Crippen LogP contribution is -2.43. The second-order valence-electron chi connectivity index (χ2n) is 5.38. The van der Waals surface area contributed by atoms with Gasteiger partial charge in [0.1, 0.15) is 0 Å². The van der Waals surface area contributed by atoms with Gasteiger partial charge in [0.2, 0.25) is 5.09 Å². The Hall–Kier alpha value is -0.560. The predicted molar refractivity (Wildman–Crippen MR) is 78.5 cm³/mol. The number of rotatable bonds is 3. The van der Waals surface area contributed by atoms with Gasteiger partial charge in [0.15, 0.2) is 0 Å². The van der Waals surface area contributed by atoms with E-state index in [0.29, 0.717) is 25.0 Å². The molecule has 1 unspecified atom stereocenters. The Morgan fingerprint density at radius 1 is 1.25 bits per heavy atom. The van der Waals surface area contributed by atoms with Gasteiger partial charge in [-0.2, -0.15) is 4.31 Å². The summed E-state index contributed by atoms with van der Waals surface area (Å²) < 4.78 is 31.2. The Morgan fingerprint density at radius 3 is 2.55 bits per heavy atom. The van der Waals surface area contributed by atoms with Gasteiger partial charge in [-0.1, -0.05) is 0 Å². The predicted octanol–water partition coefficient (Wildman–Crippen LogP) is 1.85. The smallest absolute Gasteiger partial charge is 0.276 e. The minimum atomic E-state index is -3.42. The van der Waals surface area contributed by atoms with Crippen molar-refractivity contribution in [1.29, 1.82) is 0 Å². The third-order valence-electron chi connectivity index (χ3n) is 4.26. The van der Waals surface area contributed by atoms with Crippen LogP contribution in [0.4, 0.5) is 0 Å². The lowest BCUT2D eigenvalue weighted by Gasteiger charge is -2.33. The van der Waals surface area contributed by atoms with E-state index < -0.39 is 10.0 Å². The van der Waals surface area contributed by atoms with E-state index in [4.69, 9.17) is 4.42 Å². The third kappa shape index (κ3) is 3.03. The number of sulfonamides is 1. The molecule has 1 aromatic rings. The van der Waals surface area contributed by atoms with Crippen LogP contribution in [0.3, 0.4) is 0 Å². The first kappa shape index (κ1) is 15.8. The largest absolute Gasteiger partial charge is 0.452 e. The monoisotopic (exact) mass is 320 g/mol. The van der Waals surface area contributed by atoms with Gasteiger partial charge in [0.25, 0.3) is 10.0 Å². The van der Waals surface area contributed by atoms with Crippen LogP contribution < -0.4 is 5.32 Å². The summed E-state index contributed by atoms with van der Waals surface area (Å²) in [6.07, 6.45) is 5.77. The van der Waals surface area contributed by atoms with Gasteiger partial charge in [0, 0.05) is 19.1 Å². The molecule has 20 heavy (non-hydrogen) atoms. The Bertz CT molecular complexity index is 504. The molecule has 0 radical (unpaired) electrons. The van der Waals surface area contributed by atoms with Crippen LogP contribution in [-0.4, -0.2) is 38.4 Å². The molecule has 7 heteroatoms. The van der Waals surface area contributed by atoms with Crippen molar-refractivity contribution in [2.75, 3.05) is 19.6 Å². The molecule has 114 valence electrons. The lowest BCUT2D eigenvalue weighted by molar-refractivity contribution is 0.231. The first-order chi connectivity index (χ1) is 9.18. The van der Waals surface area contributed by atoms with Crippen molar-refractivity contribution in [2.24, 2.45) is 5.92 Å². The van der Waals surface area contributed by atoms with Gasteiger partial charge in [-0.15, -0.1) is 12.4 Å². The fourth-order valence-corrected chi connectivity index (χ4v) is 4.54. The molecular formula is C13H21ClN2O3S. The van der Waals surface area contributed by atoms with Gasteiger partial charge < -0.3 is 9.73 Å². The molecule has 0 aliphatic carbocycles. The maximum absolute atomic E-state index is 12.3. The van der Waals surface area contributed by atoms with Crippen LogP contribution in [0.5, 0.6) is 0 Å². The number of nitrogens with zero attached hydrogens (tertiary/aromatic N) is 1. The minimum Gasteiger partial charge on any atom is -0.452 e. The summed E-state index contributed by atoms with van der Waals surface area (Å²) in [6.45, 7) is 2.31. The molecule has 2 aliphatic heterocycles. The van der Waals surface area contributed by atoms with E-state index in [1.807, 2.05) is 0 Å². The molecule has 5 nitrogen and oxygen atoms in total. The number of halogens is 1. The summed E-state index contributed by atoms with van der Waals surface area (Å²) in [5, 5.41) is 3.58. The van der Waals surface area contributed by atoms with Crippen LogP contribution >= 0.6 is 12.4 Å². The van der Waals surface area contributed by atoms with Gasteiger partial charge in [-0.25, -0.2) is 8.42 Å². The Labute approximate surface area is 126 Å². The van der Waals surface area contributed by atoms with Crippen LogP contribution in [0.1, 0.15) is 25.7 Å². The van der Waals surface area contributed by atoms with Crippen LogP contribution in [0.25, 0.3) is 0 Å². The molecule has 3 heterocycles. The molecule has 0 saturated carbocycles. The highest BCUT2D eigenvalue weighted by molar-refractivity contribution is 7.89. The van der Waals surface area contributed by atoms with Crippen molar-refractivity contribution in [3.05, 3.63) is 18.4 Å². The second kappa shape index (κ2) is 6.47. The van der Waals surface area contributed by atoms with E-state index in [0.717, 1.165) is 19.4 Å². The molecule has 2 saturated heterocycles. The number of hydrogen-bond acceptors (Lipinski definition) is 4. The third-order valence-corrected chi connectivity index (χ3v) is 6.04. The summed E-state index contributed by atoms with van der Waals surface area (Å²) in [4.78, 5) is 0. The van der Waals surface area contributed by atoms with Gasteiger partial charge in [0.05, 0.1) is 6.26 Å². The van der Waals surface area contributed by atoms with Crippen LogP contribution in [0, 0.1) is 5.92 Å². The van der Waals surface area contributed by atoms with Crippen molar-refractivity contribution in [3.8, 4) is 0 Å². The van der Waals surface area contributed by atoms with Crippen LogP contribution in [0.15, 0.2) is 27.9 Å². The van der Waals surface area contributed by atoms with Crippen molar-refractivity contribution < 1.29 is 12.8 Å². The van der Waals surface area contributed by atoms with E-state index in [9.17, 15) is 8.42 Å². The average Bonchev–Trinajstić information content (AvgIpc) is 3.12. The van der Waals surface area contributed by atoms with Crippen molar-refractivity contribution >= 4 is 22.4 Å². The Balaban J connectivity index is 0.00000147. The number of nitrogens with one attached hydrogen (secondary N) is 1. The molecule has 0 aromatic carbocycles. The summed E-state index contributed by atoms with van der Waals surface area (Å²) in [5.74, 6) is 0.616. The summed E-state index contributed by atoms with van der Waals surface area (Å²) in [5.41, 5.74) is 0. The highest BCUT2D eigenvalue weighted by Crippen LogP contribution is 2.28. The summed E-state index contributed by atoms with van der Waals surface area (Å²) >= 11 is 0. The topological polar surface area (TPSA) is 62.6 Å². The molecule has 0 amide bonds. The maximum Gasteiger partial charge on any atom is 0.276 e. The maximum atomic E-state index is 12.3. The zero-order chi connectivity index (χ0) is 13.3. The normalized spacial score (nSPS) is 25.5. The average molecular weight is 321 g/mol. The van der Waals surface area contributed by atoms with Crippen molar-refractivity contribution in [3.63, 3.8) is 0 Å². The molecular weight excluding hydrogens is 300 g/mol. The number of piperidine rings is 1. The highest BCUT2D eigenvalue weighted by Gasteiger charge is 2.34. The highest BCUT2D eigenvalue weighted by atomic mass is 35.5. The molecule has 1 atom stereocenters. The quantitative estimate of drug-likeness (QED) is 0.923. The molecule has 2 aliphatic rings. The van der Waals surface area contributed by atoms with Gasteiger partial charge in [-0.3, -0.25) is 0 Å². The van der Waals surface area contributed by atoms with Gasteiger partial charge in [-0.05, 0) is 50.3 Å². The molecule has 1 N–H and O–H groups in total. The van der Waals surface area contributed by atoms with Gasteiger partial charge >= 0.3 is 0 Å². The van der Waals surface area contributed by atoms with E-state index >= 15 is 0 Å². The molecule has 2 fully saturated rings. The van der Waals surface area contributed by atoms with E-state index in [1.54, 1.807) is 10.4 Å². The zero-order valence-corrected chi connectivity index (χ0v) is 13.0. The molecule has 0 bridgehead atoms. The second-order valence-corrected chi connectivity index (χ2v) is 7.25. The fraction of sp³-hybridized carbons (Fsp3) is 0.692. The first-order valence-corrected chi connectivity index (χ1v) is 8.39. The van der Waals surface area contributed by atoms with E-state index in [-0.39, 0.29) is 17.5 Å². The summed E-state index contributed by atoms with van der Waals surface area (Å²) in [7, 11) is -3.42. The standard InChI is InChI=1S/C13H20N2O3S.ClH/c16-19(17,13-4-2-10-18-13)15-8-5-11(6-9-15)12-3-1-7-14-12;/h2,4,10-12,14H,1,3,5-9H2;1H. The summed E-state index contributed by atoms with van der Waals surface area (Å²) in [6, 6.07) is 3.72. The van der Waals surface area contributed by atoms with Crippen molar-refractivity contribution in [2.45, 2.75) is 36.8 Å². The molecule has 0 spiro atoms. The van der Waals surface area contributed by atoms with Crippen LogP contribution in [0.2, 0.25) is 0 Å². The minimum absolute atomic E-state index is 0. The van der Waals surface area contributed by atoms with E-state index in [1.165, 1.54) is 25.2 Å². The van der Waals surface area contributed by atoms with Crippen molar-refractivity contribution in [1.82, 2.24) is 9.62 Å². The molecule has 3 rings (SSSR count). The Morgan fingerprint density at radius 2 is 2.00 bits per heavy atom. The van der Waals surface area contributed by atoms with E-state index in [2.05, 4.69) is 5.32 Å².